The summed E-state index contributed by atoms with van der Waals surface area (Å²) in [7, 11) is 3.94. The molecule has 0 N–H and O–H groups in total. The third kappa shape index (κ3) is 2.41. The van der Waals surface area contributed by atoms with Crippen LogP contribution in [0.2, 0.25) is 0 Å². The van der Waals surface area contributed by atoms with Gasteiger partial charge in [-0.15, -0.1) is 0 Å². The molecular formula is C13H12N2S. The van der Waals surface area contributed by atoms with Gasteiger partial charge in [0, 0.05) is 31.2 Å². The number of nitrogens with zero attached hydrogens (tertiary/aromatic N) is 2. The first kappa shape index (κ1) is 10.7. The Morgan fingerprint density at radius 1 is 1.25 bits per heavy atom. The molecule has 3 heteroatoms. The Hall–Kier alpha value is -1.79. The monoisotopic (exact) mass is 228 g/mol. The fourth-order valence-corrected chi connectivity index (χ4v) is 1.91. The first-order valence-electron chi connectivity index (χ1n) is 4.94. The molecule has 2 nitrogen and oxygen atoms in total. The van der Waals surface area contributed by atoms with Crippen LogP contribution in [0.25, 0.3) is 0 Å². The molecule has 0 spiro atoms. The molecule has 0 fully saturated rings. The highest BCUT2D eigenvalue weighted by Gasteiger charge is 2.01. The van der Waals surface area contributed by atoms with E-state index < -0.39 is 0 Å². The molecule has 2 aromatic rings. The van der Waals surface area contributed by atoms with Gasteiger partial charge in [0.25, 0.3) is 0 Å². The number of rotatable bonds is 1. The topological polar surface area (TPSA) is 16.1 Å². The molecular weight excluding hydrogens is 216 g/mol. The van der Waals surface area contributed by atoms with Crippen LogP contribution in [-0.4, -0.2) is 19.1 Å². The standard InChI is InChI=1S/C13H12N2S/c1-15(2)13-12(4-3-8-14-13)6-5-11-7-9-16-10-11/h3-4,7-10H,1-2H3. The molecule has 0 atom stereocenters. The molecule has 2 rings (SSSR count). The molecule has 0 saturated heterocycles. The third-order valence-electron chi connectivity index (χ3n) is 2.07. The Labute approximate surface area is 99.6 Å². The summed E-state index contributed by atoms with van der Waals surface area (Å²) in [4.78, 5) is 6.27. The van der Waals surface area contributed by atoms with Crippen LogP contribution in [0.1, 0.15) is 11.1 Å². The van der Waals surface area contributed by atoms with Crippen LogP contribution in [0.5, 0.6) is 0 Å². The van der Waals surface area contributed by atoms with E-state index >= 15 is 0 Å². The molecule has 0 unspecified atom stereocenters. The molecule has 0 aromatic carbocycles. The zero-order chi connectivity index (χ0) is 11.4. The summed E-state index contributed by atoms with van der Waals surface area (Å²) in [5.41, 5.74) is 2.01. The van der Waals surface area contributed by atoms with Gasteiger partial charge in [0.05, 0.1) is 5.56 Å². The van der Waals surface area contributed by atoms with Gasteiger partial charge in [0.15, 0.2) is 0 Å². The second-order valence-corrected chi connectivity index (χ2v) is 4.31. The molecule has 80 valence electrons. The Morgan fingerprint density at radius 3 is 2.81 bits per heavy atom. The predicted molar refractivity (Wildman–Crippen MR) is 68.9 cm³/mol. The van der Waals surface area contributed by atoms with Gasteiger partial charge in [-0.1, -0.05) is 11.8 Å². The highest BCUT2D eigenvalue weighted by Crippen LogP contribution is 2.13. The Balaban J connectivity index is 2.34. The van der Waals surface area contributed by atoms with E-state index in [-0.39, 0.29) is 0 Å². The quantitative estimate of drug-likeness (QED) is 0.697. The van der Waals surface area contributed by atoms with Crippen LogP contribution in [0.3, 0.4) is 0 Å². The number of thiophene rings is 1. The van der Waals surface area contributed by atoms with Crippen LogP contribution in [0, 0.1) is 11.8 Å². The van der Waals surface area contributed by atoms with Crippen molar-refractivity contribution in [1.82, 2.24) is 4.98 Å². The van der Waals surface area contributed by atoms with Gasteiger partial charge in [-0.25, -0.2) is 4.98 Å². The molecule has 0 aliphatic rings. The second kappa shape index (κ2) is 4.82. The average Bonchev–Trinajstić information content (AvgIpc) is 2.79. The van der Waals surface area contributed by atoms with E-state index in [0.29, 0.717) is 0 Å². The van der Waals surface area contributed by atoms with Crippen molar-refractivity contribution in [3.05, 3.63) is 46.3 Å². The smallest absolute Gasteiger partial charge is 0.143 e. The summed E-state index contributed by atoms with van der Waals surface area (Å²) in [6.45, 7) is 0. The fraction of sp³-hybridized carbons (Fsp3) is 0.154. The number of aromatic nitrogens is 1. The van der Waals surface area contributed by atoms with Gasteiger partial charge in [0.2, 0.25) is 0 Å². The maximum Gasteiger partial charge on any atom is 0.143 e. The van der Waals surface area contributed by atoms with E-state index in [1.165, 1.54) is 0 Å². The maximum atomic E-state index is 4.30. The predicted octanol–water partition coefficient (Wildman–Crippen LogP) is 2.61. The van der Waals surface area contributed by atoms with Gasteiger partial charge < -0.3 is 4.90 Å². The van der Waals surface area contributed by atoms with Gasteiger partial charge in [0.1, 0.15) is 5.82 Å². The first-order chi connectivity index (χ1) is 7.77. The van der Waals surface area contributed by atoms with E-state index in [4.69, 9.17) is 0 Å². The van der Waals surface area contributed by atoms with Gasteiger partial charge in [-0.2, -0.15) is 11.3 Å². The largest absolute Gasteiger partial charge is 0.362 e. The van der Waals surface area contributed by atoms with Crippen molar-refractivity contribution in [3.63, 3.8) is 0 Å². The van der Waals surface area contributed by atoms with Crippen molar-refractivity contribution in [2.75, 3.05) is 19.0 Å². The third-order valence-corrected chi connectivity index (χ3v) is 2.76. The number of pyridine rings is 1. The summed E-state index contributed by atoms with van der Waals surface area (Å²) in [5.74, 6) is 7.19. The van der Waals surface area contributed by atoms with E-state index in [1.807, 2.05) is 48.0 Å². The number of hydrogen-bond acceptors (Lipinski definition) is 3. The molecule has 0 bridgehead atoms. The summed E-state index contributed by atoms with van der Waals surface area (Å²) < 4.78 is 0. The summed E-state index contributed by atoms with van der Waals surface area (Å²) in [6, 6.07) is 5.91. The minimum Gasteiger partial charge on any atom is -0.362 e. The van der Waals surface area contributed by atoms with E-state index in [0.717, 1.165) is 16.9 Å². The molecule has 0 radical (unpaired) electrons. The molecule has 2 aromatic heterocycles. The first-order valence-corrected chi connectivity index (χ1v) is 5.88. The lowest BCUT2D eigenvalue weighted by Gasteiger charge is -2.12. The van der Waals surface area contributed by atoms with Crippen LogP contribution in [0.4, 0.5) is 5.82 Å². The van der Waals surface area contributed by atoms with Gasteiger partial charge in [-0.3, -0.25) is 0 Å². The maximum absolute atomic E-state index is 4.30. The molecule has 0 aliphatic heterocycles. The second-order valence-electron chi connectivity index (χ2n) is 3.53. The lowest BCUT2D eigenvalue weighted by molar-refractivity contribution is 1.06. The molecule has 0 amide bonds. The number of hydrogen-bond donors (Lipinski definition) is 0. The average molecular weight is 228 g/mol. The van der Waals surface area contributed by atoms with Crippen LogP contribution in [0.15, 0.2) is 35.2 Å². The van der Waals surface area contributed by atoms with E-state index in [1.54, 1.807) is 17.5 Å². The lowest BCUT2D eigenvalue weighted by Crippen LogP contribution is -2.12. The molecule has 0 saturated carbocycles. The van der Waals surface area contributed by atoms with Crippen LogP contribution >= 0.6 is 11.3 Å². The summed E-state index contributed by atoms with van der Waals surface area (Å²) in [6.07, 6.45) is 1.78. The zero-order valence-corrected chi connectivity index (χ0v) is 10.1. The zero-order valence-electron chi connectivity index (χ0n) is 9.27. The van der Waals surface area contributed by atoms with Crippen molar-refractivity contribution >= 4 is 17.2 Å². The van der Waals surface area contributed by atoms with Crippen molar-refractivity contribution in [1.29, 1.82) is 0 Å². The van der Waals surface area contributed by atoms with Crippen molar-refractivity contribution in [3.8, 4) is 11.8 Å². The molecule has 16 heavy (non-hydrogen) atoms. The Bertz CT molecular complexity index is 518. The van der Waals surface area contributed by atoms with E-state index in [2.05, 4.69) is 16.8 Å². The minimum absolute atomic E-state index is 0.908. The normalized spacial score (nSPS) is 9.38. The summed E-state index contributed by atoms with van der Waals surface area (Å²) in [5, 5.41) is 4.07. The Kier molecular flexibility index (Phi) is 3.23. The molecule has 2 heterocycles. The SMILES string of the molecule is CN(C)c1ncccc1C#Cc1ccsc1. The van der Waals surface area contributed by atoms with Crippen LogP contribution in [-0.2, 0) is 0 Å². The van der Waals surface area contributed by atoms with Crippen LogP contribution < -0.4 is 4.90 Å². The lowest BCUT2D eigenvalue weighted by atomic mass is 10.2. The van der Waals surface area contributed by atoms with Crippen molar-refractivity contribution in [2.24, 2.45) is 0 Å². The van der Waals surface area contributed by atoms with Crippen molar-refractivity contribution < 1.29 is 0 Å². The summed E-state index contributed by atoms with van der Waals surface area (Å²) >= 11 is 1.66. The van der Waals surface area contributed by atoms with Gasteiger partial charge >= 0.3 is 0 Å². The Morgan fingerprint density at radius 2 is 2.12 bits per heavy atom. The number of anilines is 1. The highest BCUT2D eigenvalue weighted by atomic mass is 32.1. The van der Waals surface area contributed by atoms with E-state index in [9.17, 15) is 0 Å². The van der Waals surface area contributed by atoms with Gasteiger partial charge in [-0.05, 0) is 23.6 Å². The highest BCUT2D eigenvalue weighted by molar-refractivity contribution is 7.08. The molecule has 0 aliphatic carbocycles. The van der Waals surface area contributed by atoms with Crippen molar-refractivity contribution in [2.45, 2.75) is 0 Å². The fourth-order valence-electron chi connectivity index (χ4n) is 1.33. The minimum atomic E-state index is 0.908.